The maximum Gasteiger partial charge on any atom is 0.393 e. The molecule has 0 aromatic heterocycles. The Balaban J connectivity index is 2.26. The third-order valence-electron chi connectivity index (χ3n) is 3.80. The van der Waals surface area contributed by atoms with E-state index < -0.39 is 35.5 Å². The van der Waals surface area contributed by atoms with E-state index in [2.05, 4.69) is 5.32 Å². The Labute approximate surface area is 114 Å². The van der Waals surface area contributed by atoms with Gasteiger partial charge in [0.05, 0.1) is 5.92 Å². The third-order valence-corrected chi connectivity index (χ3v) is 3.80. The van der Waals surface area contributed by atoms with Gasteiger partial charge in [-0.25, -0.2) is 8.78 Å². The van der Waals surface area contributed by atoms with Gasteiger partial charge in [-0.1, -0.05) is 18.9 Å². The first-order valence-electron chi connectivity index (χ1n) is 6.58. The average molecular weight is 293 g/mol. The Hall–Kier alpha value is -1.33. The molecule has 2 unspecified atom stereocenters. The van der Waals surface area contributed by atoms with Crippen LogP contribution in [-0.4, -0.2) is 12.2 Å². The molecule has 20 heavy (non-hydrogen) atoms. The Morgan fingerprint density at radius 2 is 1.75 bits per heavy atom. The molecular weight excluding hydrogens is 277 g/mol. The molecule has 1 aliphatic carbocycles. The van der Waals surface area contributed by atoms with Crippen molar-refractivity contribution in [2.24, 2.45) is 5.92 Å². The molecule has 2 rings (SSSR count). The lowest BCUT2D eigenvalue weighted by molar-refractivity contribution is -0.184. The van der Waals surface area contributed by atoms with Crippen LogP contribution in [0.4, 0.5) is 27.6 Å². The SMILES string of the molecule is Cc1ccc(F)c(NC2CCCCC2C(F)(F)F)c1F. The number of anilines is 1. The number of hydrogen-bond donors (Lipinski definition) is 1. The molecule has 0 saturated heterocycles. The van der Waals surface area contributed by atoms with Crippen LogP contribution < -0.4 is 5.32 Å². The molecule has 1 N–H and O–H groups in total. The number of benzene rings is 1. The minimum Gasteiger partial charge on any atom is -0.377 e. The summed E-state index contributed by atoms with van der Waals surface area (Å²) >= 11 is 0. The molecule has 2 atom stereocenters. The molecule has 1 aliphatic rings. The van der Waals surface area contributed by atoms with E-state index >= 15 is 0 Å². The second-order valence-electron chi connectivity index (χ2n) is 5.24. The molecule has 1 fully saturated rings. The van der Waals surface area contributed by atoms with Gasteiger partial charge < -0.3 is 5.32 Å². The molecule has 1 aromatic carbocycles. The zero-order chi connectivity index (χ0) is 14.9. The predicted molar refractivity (Wildman–Crippen MR) is 66.5 cm³/mol. The second kappa shape index (κ2) is 5.58. The van der Waals surface area contributed by atoms with E-state index in [0.29, 0.717) is 12.8 Å². The Bertz CT molecular complexity index is 483. The standard InChI is InChI=1S/C14H16F5N/c1-8-6-7-10(15)13(12(8)16)20-11-5-3-2-4-9(11)14(17,18)19/h6-7,9,11,20H,2-5H2,1H3. The number of alkyl halides is 3. The molecule has 112 valence electrons. The van der Waals surface area contributed by atoms with Crippen molar-refractivity contribution in [3.05, 3.63) is 29.3 Å². The molecule has 1 aromatic rings. The first-order chi connectivity index (χ1) is 9.30. The quantitative estimate of drug-likeness (QED) is 0.772. The molecule has 0 radical (unpaired) electrons. The first kappa shape index (κ1) is 15.1. The molecule has 0 aliphatic heterocycles. The number of rotatable bonds is 2. The van der Waals surface area contributed by atoms with E-state index in [-0.39, 0.29) is 18.4 Å². The van der Waals surface area contributed by atoms with Crippen LogP contribution in [0.2, 0.25) is 0 Å². The fourth-order valence-corrected chi connectivity index (χ4v) is 2.67. The summed E-state index contributed by atoms with van der Waals surface area (Å²) in [5, 5.41) is 2.44. The molecule has 0 amide bonds. The summed E-state index contributed by atoms with van der Waals surface area (Å²) < 4.78 is 66.3. The molecular formula is C14H16F5N. The van der Waals surface area contributed by atoms with E-state index in [4.69, 9.17) is 0 Å². The van der Waals surface area contributed by atoms with Crippen molar-refractivity contribution >= 4 is 5.69 Å². The van der Waals surface area contributed by atoms with Crippen molar-refractivity contribution in [1.82, 2.24) is 0 Å². The van der Waals surface area contributed by atoms with E-state index in [9.17, 15) is 22.0 Å². The number of nitrogens with one attached hydrogen (secondary N) is 1. The van der Waals surface area contributed by atoms with Crippen LogP contribution in [0.15, 0.2) is 12.1 Å². The van der Waals surface area contributed by atoms with Crippen molar-refractivity contribution < 1.29 is 22.0 Å². The highest BCUT2D eigenvalue weighted by molar-refractivity contribution is 5.49. The van der Waals surface area contributed by atoms with Gasteiger partial charge in [-0.3, -0.25) is 0 Å². The summed E-state index contributed by atoms with van der Waals surface area (Å²) in [5.74, 6) is -3.24. The van der Waals surface area contributed by atoms with Crippen LogP contribution in [0.3, 0.4) is 0 Å². The van der Waals surface area contributed by atoms with E-state index in [1.165, 1.54) is 13.0 Å². The van der Waals surface area contributed by atoms with E-state index in [0.717, 1.165) is 6.07 Å². The van der Waals surface area contributed by atoms with Crippen molar-refractivity contribution in [3.63, 3.8) is 0 Å². The van der Waals surface area contributed by atoms with Crippen molar-refractivity contribution in [1.29, 1.82) is 0 Å². The van der Waals surface area contributed by atoms with Crippen LogP contribution >= 0.6 is 0 Å². The van der Waals surface area contributed by atoms with Crippen LogP contribution in [-0.2, 0) is 0 Å². The van der Waals surface area contributed by atoms with E-state index in [1.807, 2.05) is 0 Å². The lowest BCUT2D eigenvalue weighted by Crippen LogP contribution is -2.41. The van der Waals surface area contributed by atoms with Gasteiger partial charge in [-0.2, -0.15) is 13.2 Å². The number of halogens is 5. The van der Waals surface area contributed by atoms with Gasteiger partial charge in [0, 0.05) is 6.04 Å². The first-order valence-corrected chi connectivity index (χ1v) is 6.58. The number of hydrogen-bond acceptors (Lipinski definition) is 1. The molecule has 0 heterocycles. The monoisotopic (exact) mass is 293 g/mol. The fourth-order valence-electron chi connectivity index (χ4n) is 2.67. The molecule has 0 bridgehead atoms. The molecule has 6 heteroatoms. The van der Waals surface area contributed by atoms with Crippen LogP contribution in [0, 0.1) is 24.5 Å². The number of aryl methyl sites for hydroxylation is 1. The summed E-state index contributed by atoms with van der Waals surface area (Å²) in [6.45, 7) is 1.45. The summed E-state index contributed by atoms with van der Waals surface area (Å²) in [5.41, 5.74) is -0.251. The minimum atomic E-state index is -4.35. The predicted octanol–water partition coefficient (Wildman–Crippen LogP) is 4.81. The van der Waals surface area contributed by atoms with Crippen LogP contribution in [0.5, 0.6) is 0 Å². The Morgan fingerprint density at radius 3 is 2.40 bits per heavy atom. The van der Waals surface area contributed by atoms with Gasteiger partial charge in [-0.15, -0.1) is 0 Å². The van der Waals surface area contributed by atoms with Gasteiger partial charge in [0.15, 0.2) is 5.82 Å². The maximum atomic E-state index is 13.9. The van der Waals surface area contributed by atoms with Gasteiger partial charge in [0.1, 0.15) is 11.5 Å². The smallest absolute Gasteiger partial charge is 0.377 e. The zero-order valence-electron chi connectivity index (χ0n) is 11.0. The van der Waals surface area contributed by atoms with Crippen molar-refractivity contribution in [2.75, 3.05) is 5.32 Å². The van der Waals surface area contributed by atoms with Crippen LogP contribution in [0.1, 0.15) is 31.2 Å². The van der Waals surface area contributed by atoms with E-state index in [1.54, 1.807) is 0 Å². The Kier molecular flexibility index (Phi) is 4.20. The fraction of sp³-hybridized carbons (Fsp3) is 0.571. The van der Waals surface area contributed by atoms with Gasteiger partial charge in [-0.05, 0) is 31.4 Å². The lowest BCUT2D eigenvalue weighted by atomic mass is 9.84. The normalized spacial score (nSPS) is 23.7. The lowest BCUT2D eigenvalue weighted by Gasteiger charge is -2.34. The summed E-state index contributed by atoms with van der Waals surface area (Å²) in [6, 6.07) is 1.35. The summed E-state index contributed by atoms with van der Waals surface area (Å²) in [6.07, 6.45) is -2.98. The summed E-state index contributed by atoms with van der Waals surface area (Å²) in [7, 11) is 0. The highest BCUT2D eigenvalue weighted by atomic mass is 19.4. The average Bonchev–Trinajstić information content (AvgIpc) is 2.38. The summed E-state index contributed by atoms with van der Waals surface area (Å²) in [4.78, 5) is 0. The molecule has 1 nitrogen and oxygen atoms in total. The molecule has 0 spiro atoms. The van der Waals surface area contributed by atoms with Gasteiger partial charge in [0.2, 0.25) is 0 Å². The minimum absolute atomic E-state index is 0.00375. The largest absolute Gasteiger partial charge is 0.393 e. The Morgan fingerprint density at radius 1 is 1.10 bits per heavy atom. The van der Waals surface area contributed by atoms with Crippen molar-refractivity contribution in [3.8, 4) is 0 Å². The maximum absolute atomic E-state index is 13.9. The topological polar surface area (TPSA) is 12.0 Å². The highest BCUT2D eigenvalue weighted by Gasteiger charge is 2.45. The van der Waals surface area contributed by atoms with Gasteiger partial charge >= 0.3 is 6.18 Å². The zero-order valence-corrected chi connectivity index (χ0v) is 11.0. The molecule has 1 saturated carbocycles. The van der Waals surface area contributed by atoms with Gasteiger partial charge in [0.25, 0.3) is 0 Å². The second-order valence-corrected chi connectivity index (χ2v) is 5.24. The van der Waals surface area contributed by atoms with Crippen molar-refractivity contribution in [2.45, 2.75) is 44.8 Å². The highest BCUT2D eigenvalue weighted by Crippen LogP contribution is 2.39. The van der Waals surface area contributed by atoms with Crippen LogP contribution in [0.25, 0.3) is 0 Å². The third kappa shape index (κ3) is 3.04.